The molecule has 0 heterocycles. The lowest BCUT2D eigenvalue weighted by Crippen LogP contribution is -2.10. The molecule has 1 aromatic carbocycles. The molecule has 0 unspecified atom stereocenters. The molecule has 0 N–H and O–H groups in total. The van der Waals surface area contributed by atoms with Crippen LogP contribution in [0.2, 0.25) is 0 Å². The van der Waals surface area contributed by atoms with Crippen LogP contribution >= 0.6 is 10.7 Å². The van der Waals surface area contributed by atoms with E-state index in [0.717, 1.165) is 24.6 Å². The predicted octanol–water partition coefficient (Wildman–Crippen LogP) is 3.35. The van der Waals surface area contributed by atoms with E-state index in [1.807, 2.05) is 13.8 Å². The van der Waals surface area contributed by atoms with Crippen molar-refractivity contribution in [2.75, 3.05) is 6.61 Å². The van der Waals surface area contributed by atoms with Crippen molar-refractivity contribution in [3.05, 3.63) is 29.6 Å². The first-order valence-corrected chi connectivity index (χ1v) is 8.44. The van der Waals surface area contributed by atoms with E-state index in [4.69, 9.17) is 15.4 Å². The number of benzene rings is 1. The van der Waals surface area contributed by atoms with Gasteiger partial charge in [-0.3, -0.25) is 0 Å². The molecule has 0 bridgehead atoms. The normalized spacial score (nSPS) is 11.7. The van der Waals surface area contributed by atoms with Crippen LogP contribution in [-0.2, 0) is 13.8 Å². The molecule has 0 aromatic heterocycles. The fraction of sp³-hybridized carbons (Fsp3) is 0.462. The molecule has 4 nitrogen and oxygen atoms in total. The summed E-state index contributed by atoms with van der Waals surface area (Å²) in [4.78, 5) is 11.4. The van der Waals surface area contributed by atoms with Crippen LogP contribution in [0.1, 0.15) is 37.0 Å². The summed E-state index contributed by atoms with van der Waals surface area (Å²) < 4.78 is 40.7. The van der Waals surface area contributed by atoms with Gasteiger partial charge in [-0.2, -0.15) is 0 Å². The molecule has 1 rings (SSSR count). The Morgan fingerprint density at radius 3 is 2.60 bits per heavy atom. The number of carbonyl (C=O) groups excluding carboxylic acids is 1. The lowest BCUT2D eigenvalue weighted by molar-refractivity contribution is 0.0489. The lowest BCUT2D eigenvalue weighted by Gasteiger charge is -2.08. The Kier molecular flexibility index (Phi) is 5.95. The van der Waals surface area contributed by atoms with E-state index in [1.165, 1.54) is 0 Å². The topological polar surface area (TPSA) is 60.4 Å². The summed E-state index contributed by atoms with van der Waals surface area (Å²) in [5, 5.41) is 0. The molecule has 0 aliphatic rings. The molecule has 0 amide bonds. The molecule has 0 atom stereocenters. The Morgan fingerprint density at radius 1 is 1.40 bits per heavy atom. The first kappa shape index (κ1) is 16.9. The fourth-order valence-corrected chi connectivity index (χ4v) is 2.32. The zero-order valence-electron chi connectivity index (χ0n) is 11.2. The molecule has 0 spiro atoms. The second kappa shape index (κ2) is 7.04. The Balaban J connectivity index is 2.77. The number of rotatable bonds is 6. The summed E-state index contributed by atoms with van der Waals surface area (Å²) in [7, 11) is 1.13. The third-order valence-corrected chi connectivity index (χ3v) is 3.95. The number of carbonyl (C=O) groups is 1. The van der Waals surface area contributed by atoms with E-state index >= 15 is 0 Å². The molecular weight excluding hydrogens is 307 g/mol. The number of hydrogen-bond donors (Lipinski definition) is 0. The highest BCUT2D eigenvalue weighted by Gasteiger charge is 2.18. The van der Waals surface area contributed by atoms with Crippen molar-refractivity contribution in [3.8, 4) is 0 Å². The van der Waals surface area contributed by atoms with Crippen molar-refractivity contribution in [3.63, 3.8) is 0 Å². The summed E-state index contributed by atoms with van der Waals surface area (Å²) in [6.45, 7) is 4.24. The standard InChI is InChI=1S/C13H16ClFO4S/c1-9(2)4-3-7-19-13(16)11-8-10(20(14,17)18)5-6-12(11)15/h5-6,8-9H,3-4,7H2,1-2H3. The van der Waals surface area contributed by atoms with Crippen LogP contribution in [0.5, 0.6) is 0 Å². The average molecular weight is 323 g/mol. The fourth-order valence-electron chi connectivity index (χ4n) is 1.55. The average Bonchev–Trinajstić information content (AvgIpc) is 2.33. The van der Waals surface area contributed by atoms with Gasteiger partial charge in [0.05, 0.1) is 17.1 Å². The molecule has 0 aliphatic heterocycles. The molecule has 0 radical (unpaired) electrons. The van der Waals surface area contributed by atoms with E-state index in [-0.39, 0.29) is 11.5 Å². The molecule has 112 valence electrons. The number of ether oxygens (including phenoxy) is 1. The summed E-state index contributed by atoms with van der Waals surface area (Å²) in [6, 6.07) is 2.75. The summed E-state index contributed by atoms with van der Waals surface area (Å²) in [5.74, 6) is -1.26. The van der Waals surface area contributed by atoms with Crippen LogP contribution in [0.4, 0.5) is 4.39 Å². The van der Waals surface area contributed by atoms with Crippen molar-refractivity contribution >= 4 is 25.7 Å². The van der Waals surface area contributed by atoms with Gasteiger partial charge in [0.25, 0.3) is 9.05 Å². The molecule has 7 heteroatoms. The maximum absolute atomic E-state index is 13.5. The maximum Gasteiger partial charge on any atom is 0.341 e. The minimum atomic E-state index is -4.01. The first-order chi connectivity index (χ1) is 9.21. The molecule has 20 heavy (non-hydrogen) atoms. The zero-order valence-corrected chi connectivity index (χ0v) is 12.8. The van der Waals surface area contributed by atoms with Gasteiger partial charge in [0, 0.05) is 10.7 Å². The van der Waals surface area contributed by atoms with E-state index < -0.39 is 26.4 Å². The van der Waals surface area contributed by atoms with E-state index in [9.17, 15) is 17.6 Å². The molecule has 1 aromatic rings. The van der Waals surface area contributed by atoms with Gasteiger partial charge in [0.15, 0.2) is 0 Å². The minimum absolute atomic E-state index is 0.161. The molecule has 0 saturated heterocycles. The van der Waals surface area contributed by atoms with E-state index in [2.05, 4.69) is 0 Å². The van der Waals surface area contributed by atoms with Crippen LogP contribution in [0, 0.1) is 11.7 Å². The molecule has 0 aliphatic carbocycles. The monoisotopic (exact) mass is 322 g/mol. The van der Waals surface area contributed by atoms with Crippen LogP contribution < -0.4 is 0 Å². The van der Waals surface area contributed by atoms with Crippen molar-refractivity contribution in [1.82, 2.24) is 0 Å². The van der Waals surface area contributed by atoms with E-state index in [0.29, 0.717) is 12.3 Å². The molecular formula is C13H16ClFO4S. The molecule has 0 saturated carbocycles. The van der Waals surface area contributed by atoms with Crippen molar-refractivity contribution < 1.29 is 22.3 Å². The SMILES string of the molecule is CC(C)CCCOC(=O)c1cc(S(=O)(=O)Cl)ccc1F. The van der Waals surface area contributed by atoms with Crippen molar-refractivity contribution in [2.45, 2.75) is 31.6 Å². The summed E-state index contributed by atoms with van der Waals surface area (Å²) in [6.07, 6.45) is 1.55. The smallest absolute Gasteiger partial charge is 0.341 e. The number of esters is 1. The Hall–Kier alpha value is -1.14. The van der Waals surface area contributed by atoms with E-state index in [1.54, 1.807) is 0 Å². The first-order valence-electron chi connectivity index (χ1n) is 6.13. The summed E-state index contributed by atoms with van der Waals surface area (Å²) >= 11 is 0. The van der Waals surface area contributed by atoms with Gasteiger partial charge in [-0.1, -0.05) is 13.8 Å². The van der Waals surface area contributed by atoms with Gasteiger partial charge in [0.1, 0.15) is 5.82 Å². The highest BCUT2D eigenvalue weighted by atomic mass is 35.7. The highest BCUT2D eigenvalue weighted by Crippen LogP contribution is 2.19. The van der Waals surface area contributed by atoms with Gasteiger partial charge >= 0.3 is 5.97 Å². The van der Waals surface area contributed by atoms with Gasteiger partial charge in [-0.25, -0.2) is 17.6 Å². The highest BCUT2D eigenvalue weighted by molar-refractivity contribution is 8.13. The Morgan fingerprint density at radius 2 is 2.05 bits per heavy atom. The minimum Gasteiger partial charge on any atom is -0.462 e. The number of halogens is 2. The van der Waals surface area contributed by atoms with Crippen LogP contribution in [0.25, 0.3) is 0 Å². The molecule has 0 fully saturated rings. The van der Waals surface area contributed by atoms with Crippen molar-refractivity contribution in [2.24, 2.45) is 5.92 Å². The second-order valence-corrected chi connectivity index (χ2v) is 7.32. The van der Waals surface area contributed by atoms with Gasteiger partial charge in [-0.15, -0.1) is 0 Å². The maximum atomic E-state index is 13.5. The Labute approximate surface area is 122 Å². The number of hydrogen-bond acceptors (Lipinski definition) is 4. The third-order valence-electron chi connectivity index (χ3n) is 2.60. The Bertz CT molecular complexity index is 584. The summed E-state index contributed by atoms with van der Waals surface area (Å²) in [5.41, 5.74) is -0.434. The van der Waals surface area contributed by atoms with Crippen LogP contribution in [0.15, 0.2) is 23.1 Å². The predicted molar refractivity (Wildman–Crippen MR) is 73.8 cm³/mol. The lowest BCUT2D eigenvalue weighted by atomic mass is 10.1. The van der Waals surface area contributed by atoms with Gasteiger partial charge < -0.3 is 4.74 Å². The van der Waals surface area contributed by atoms with Crippen LogP contribution in [-0.4, -0.2) is 21.0 Å². The quantitative estimate of drug-likeness (QED) is 0.458. The second-order valence-electron chi connectivity index (χ2n) is 4.75. The largest absolute Gasteiger partial charge is 0.462 e. The van der Waals surface area contributed by atoms with Crippen molar-refractivity contribution in [1.29, 1.82) is 0 Å². The third kappa shape index (κ3) is 5.09. The van der Waals surface area contributed by atoms with Gasteiger partial charge in [-0.05, 0) is 37.0 Å². The zero-order chi connectivity index (χ0) is 15.3. The van der Waals surface area contributed by atoms with Gasteiger partial charge in [0.2, 0.25) is 0 Å². The van der Waals surface area contributed by atoms with Crippen LogP contribution in [0.3, 0.4) is 0 Å².